The Hall–Kier alpha value is 0.170. The van der Waals surface area contributed by atoms with Crippen LogP contribution in [0.2, 0.25) is 0 Å². The number of halogens is 1. The Morgan fingerprint density at radius 2 is 1.69 bits per heavy atom. The van der Waals surface area contributed by atoms with Crippen molar-refractivity contribution in [3.63, 3.8) is 0 Å². The number of rotatable bonds is 0. The molecule has 0 aliphatic carbocycles. The van der Waals surface area contributed by atoms with Crippen molar-refractivity contribution < 1.29 is 14.9 Å². The Bertz CT molecular complexity index is 188. The second-order valence-corrected chi connectivity index (χ2v) is 4.50. The summed E-state index contributed by atoms with van der Waals surface area (Å²) in [4.78, 5) is 0. The molecule has 2 fully saturated rings. The Morgan fingerprint density at radius 1 is 1.00 bits per heavy atom. The molecular formula is C9H15ClO3. The topological polar surface area (TPSA) is 49.7 Å². The smallest absolute Gasteiger partial charge is 0.106 e. The van der Waals surface area contributed by atoms with Crippen molar-refractivity contribution in [1.29, 1.82) is 0 Å². The van der Waals surface area contributed by atoms with Gasteiger partial charge >= 0.3 is 0 Å². The lowest BCUT2D eigenvalue weighted by Crippen LogP contribution is -2.42. The van der Waals surface area contributed by atoms with E-state index in [0.29, 0.717) is 6.42 Å². The van der Waals surface area contributed by atoms with Crippen molar-refractivity contribution in [2.45, 2.75) is 55.5 Å². The van der Waals surface area contributed by atoms with E-state index in [4.69, 9.17) is 16.3 Å². The number of aliphatic hydroxyl groups is 2. The minimum absolute atomic E-state index is 0.0206. The van der Waals surface area contributed by atoms with Gasteiger partial charge in [-0.1, -0.05) is 0 Å². The lowest BCUT2D eigenvalue weighted by molar-refractivity contribution is -0.112. The molecule has 2 rings (SSSR count). The van der Waals surface area contributed by atoms with Gasteiger partial charge in [-0.25, -0.2) is 0 Å². The van der Waals surface area contributed by atoms with Crippen LogP contribution in [0.4, 0.5) is 0 Å². The molecule has 0 aromatic heterocycles. The lowest BCUT2D eigenvalue weighted by Gasteiger charge is -2.33. The first-order valence-electron chi connectivity index (χ1n) is 4.84. The van der Waals surface area contributed by atoms with E-state index < -0.39 is 12.2 Å². The molecule has 2 N–H and O–H groups in total. The lowest BCUT2D eigenvalue weighted by atomic mass is 10.0. The summed E-state index contributed by atoms with van der Waals surface area (Å²) in [7, 11) is 0. The molecule has 0 spiro atoms. The Morgan fingerprint density at radius 3 is 2.46 bits per heavy atom. The molecule has 0 radical (unpaired) electrons. The molecular weight excluding hydrogens is 192 g/mol. The fraction of sp³-hybridized carbons (Fsp3) is 1.00. The van der Waals surface area contributed by atoms with Crippen LogP contribution < -0.4 is 0 Å². The zero-order valence-electron chi connectivity index (χ0n) is 7.40. The van der Waals surface area contributed by atoms with E-state index >= 15 is 0 Å². The number of hydrogen-bond acceptors (Lipinski definition) is 3. The maximum absolute atomic E-state index is 9.64. The third-order valence-electron chi connectivity index (χ3n) is 3.00. The second kappa shape index (κ2) is 3.73. The van der Waals surface area contributed by atoms with Crippen molar-refractivity contribution in [2.24, 2.45) is 0 Å². The SMILES string of the molecule is O[C@H]1[C@H](O)CC[C@@H]2O[C@H]1CC[C@@H]2Cl. The molecule has 4 heteroatoms. The number of hydrogen-bond donors (Lipinski definition) is 2. The zero-order valence-corrected chi connectivity index (χ0v) is 8.15. The van der Waals surface area contributed by atoms with Gasteiger partial charge in [-0.2, -0.15) is 0 Å². The third-order valence-corrected chi connectivity index (χ3v) is 3.50. The van der Waals surface area contributed by atoms with Crippen molar-refractivity contribution in [3.05, 3.63) is 0 Å². The highest BCUT2D eigenvalue weighted by atomic mass is 35.5. The van der Waals surface area contributed by atoms with Gasteiger partial charge < -0.3 is 14.9 Å². The first-order valence-corrected chi connectivity index (χ1v) is 5.28. The van der Waals surface area contributed by atoms with Gasteiger partial charge in [0.2, 0.25) is 0 Å². The Balaban J connectivity index is 2.09. The van der Waals surface area contributed by atoms with Crippen molar-refractivity contribution in [2.75, 3.05) is 0 Å². The maximum atomic E-state index is 9.64. The quantitative estimate of drug-likeness (QED) is 0.573. The monoisotopic (exact) mass is 206 g/mol. The molecule has 0 saturated carbocycles. The Labute approximate surface area is 82.7 Å². The molecule has 3 nitrogen and oxygen atoms in total. The molecule has 76 valence electrons. The molecule has 0 unspecified atom stereocenters. The molecule has 13 heavy (non-hydrogen) atoms. The van der Waals surface area contributed by atoms with Gasteiger partial charge in [0.25, 0.3) is 0 Å². The minimum Gasteiger partial charge on any atom is -0.390 e. The largest absolute Gasteiger partial charge is 0.390 e. The molecule has 2 heterocycles. The van der Waals surface area contributed by atoms with E-state index in [1.165, 1.54) is 0 Å². The zero-order chi connectivity index (χ0) is 9.42. The van der Waals surface area contributed by atoms with E-state index in [1.54, 1.807) is 0 Å². The van der Waals surface area contributed by atoms with E-state index in [-0.39, 0.29) is 17.6 Å². The first-order chi connectivity index (χ1) is 6.18. The predicted molar refractivity (Wildman–Crippen MR) is 48.8 cm³/mol. The summed E-state index contributed by atoms with van der Waals surface area (Å²) in [5.74, 6) is 0. The summed E-state index contributed by atoms with van der Waals surface area (Å²) in [6.07, 6.45) is 1.41. The van der Waals surface area contributed by atoms with E-state index in [0.717, 1.165) is 19.3 Å². The highest BCUT2D eigenvalue weighted by Gasteiger charge is 2.39. The highest BCUT2D eigenvalue weighted by Crippen LogP contribution is 2.32. The summed E-state index contributed by atoms with van der Waals surface area (Å²) in [6, 6.07) is 0. The average Bonchev–Trinajstić information content (AvgIpc) is 2.24. The number of ether oxygens (including phenoxy) is 1. The highest BCUT2D eigenvalue weighted by molar-refractivity contribution is 6.21. The molecule has 0 amide bonds. The summed E-state index contributed by atoms with van der Waals surface area (Å²) >= 11 is 6.06. The summed E-state index contributed by atoms with van der Waals surface area (Å²) < 4.78 is 5.60. The maximum Gasteiger partial charge on any atom is 0.106 e. The normalized spacial score (nSPS) is 51.5. The predicted octanol–water partition coefficient (Wildman–Crippen LogP) is 0.657. The average molecular weight is 207 g/mol. The van der Waals surface area contributed by atoms with Crippen LogP contribution >= 0.6 is 11.6 Å². The van der Waals surface area contributed by atoms with Crippen LogP contribution in [-0.4, -0.2) is 40.0 Å². The van der Waals surface area contributed by atoms with Crippen LogP contribution in [0.15, 0.2) is 0 Å². The molecule has 2 aliphatic heterocycles. The molecule has 5 atom stereocenters. The van der Waals surface area contributed by atoms with Crippen LogP contribution in [-0.2, 0) is 4.74 Å². The van der Waals surface area contributed by atoms with Crippen LogP contribution in [0.1, 0.15) is 25.7 Å². The van der Waals surface area contributed by atoms with E-state index in [2.05, 4.69) is 0 Å². The van der Waals surface area contributed by atoms with E-state index in [1.807, 2.05) is 0 Å². The van der Waals surface area contributed by atoms with E-state index in [9.17, 15) is 10.2 Å². The van der Waals surface area contributed by atoms with Crippen molar-refractivity contribution in [1.82, 2.24) is 0 Å². The summed E-state index contributed by atoms with van der Waals surface area (Å²) in [5.41, 5.74) is 0. The standard InChI is InChI=1S/C9H15ClO3/c10-5-1-3-8-9(12)6(11)2-4-7(5)13-8/h5-9,11-12H,1-4H2/t5-,6+,7-,8-,9-/m0/s1. The molecule has 0 aromatic rings. The molecule has 0 aromatic carbocycles. The van der Waals surface area contributed by atoms with Gasteiger partial charge in [0.1, 0.15) is 6.10 Å². The van der Waals surface area contributed by atoms with Crippen LogP contribution in [0, 0.1) is 0 Å². The second-order valence-electron chi connectivity index (χ2n) is 3.94. The van der Waals surface area contributed by atoms with Gasteiger partial charge in [0, 0.05) is 0 Å². The van der Waals surface area contributed by atoms with Gasteiger partial charge in [-0.15, -0.1) is 11.6 Å². The molecule has 2 saturated heterocycles. The molecule has 2 aliphatic rings. The number of alkyl halides is 1. The third kappa shape index (κ3) is 1.84. The van der Waals surface area contributed by atoms with Crippen LogP contribution in [0.25, 0.3) is 0 Å². The fourth-order valence-electron chi connectivity index (χ4n) is 2.14. The van der Waals surface area contributed by atoms with Gasteiger partial charge in [0.05, 0.1) is 23.7 Å². The molecule has 2 bridgehead atoms. The van der Waals surface area contributed by atoms with Gasteiger partial charge in [-0.05, 0) is 25.7 Å². The summed E-state index contributed by atoms with van der Waals surface area (Å²) in [5, 5.41) is 19.2. The fourth-order valence-corrected chi connectivity index (χ4v) is 2.45. The van der Waals surface area contributed by atoms with Gasteiger partial charge in [0.15, 0.2) is 0 Å². The van der Waals surface area contributed by atoms with Crippen LogP contribution in [0.5, 0.6) is 0 Å². The minimum atomic E-state index is -0.728. The van der Waals surface area contributed by atoms with Crippen LogP contribution in [0.3, 0.4) is 0 Å². The number of aliphatic hydroxyl groups excluding tert-OH is 2. The Kier molecular flexibility index (Phi) is 2.79. The number of fused-ring (bicyclic) bond motifs is 2. The first kappa shape index (κ1) is 9.71. The van der Waals surface area contributed by atoms with Crippen molar-refractivity contribution in [3.8, 4) is 0 Å². The van der Waals surface area contributed by atoms with Crippen molar-refractivity contribution >= 4 is 11.6 Å². The van der Waals surface area contributed by atoms with Gasteiger partial charge in [-0.3, -0.25) is 0 Å². The summed E-state index contributed by atoms with van der Waals surface area (Å²) in [6.45, 7) is 0.